The van der Waals surface area contributed by atoms with E-state index >= 15 is 0 Å². The third kappa shape index (κ3) is 7.83. The summed E-state index contributed by atoms with van der Waals surface area (Å²) in [5.41, 5.74) is 3.76. The predicted molar refractivity (Wildman–Crippen MR) is 172 cm³/mol. The molecule has 0 aliphatic carbocycles. The van der Waals surface area contributed by atoms with Gasteiger partial charge in [-0.3, -0.25) is 13.9 Å². The van der Waals surface area contributed by atoms with Gasteiger partial charge in [0, 0.05) is 24.5 Å². The lowest BCUT2D eigenvalue weighted by Crippen LogP contribution is -2.53. The molecule has 0 aliphatic rings. The maximum Gasteiger partial charge on any atom is 0.264 e. The number of anilines is 1. The second-order valence-corrected chi connectivity index (χ2v) is 12.6. The molecule has 0 spiro atoms. The Morgan fingerprint density at radius 2 is 1.42 bits per heavy atom. The average Bonchev–Trinajstić information content (AvgIpc) is 2.99. The van der Waals surface area contributed by atoms with Crippen molar-refractivity contribution >= 4 is 39.1 Å². The summed E-state index contributed by atoms with van der Waals surface area (Å²) in [5, 5.41) is 3.28. The van der Waals surface area contributed by atoms with Crippen LogP contribution < -0.4 is 9.62 Å². The topological polar surface area (TPSA) is 86.8 Å². The Balaban J connectivity index is 1.81. The van der Waals surface area contributed by atoms with Gasteiger partial charge in [-0.05, 0) is 73.4 Å². The molecule has 43 heavy (non-hydrogen) atoms. The van der Waals surface area contributed by atoms with Crippen LogP contribution in [0.25, 0.3) is 0 Å². The molecular formula is C34H36ClN3O4S. The smallest absolute Gasteiger partial charge is 0.264 e. The Kier molecular flexibility index (Phi) is 10.6. The van der Waals surface area contributed by atoms with Gasteiger partial charge in [-0.2, -0.15) is 0 Å². The van der Waals surface area contributed by atoms with Crippen LogP contribution in [-0.2, 0) is 32.6 Å². The molecule has 1 atom stereocenters. The third-order valence-electron chi connectivity index (χ3n) is 7.29. The van der Waals surface area contributed by atoms with Gasteiger partial charge in [0.2, 0.25) is 11.8 Å². The second kappa shape index (κ2) is 14.4. The molecule has 9 heteroatoms. The molecular weight excluding hydrogens is 582 g/mol. The SMILES string of the molecule is CCNC(=O)C(Cc1ccccc1)N(Cc1ccccc1C)C(=O)CN(c1ccccc1C)S(=O)(=O)c1ccc(Cl)cc1. The predicted octanol–water partition coefficient (Wildman–Crippen LogP) is 5.93. The van der Waals surface area contributed by atoms with E-state index in [4.69, 9.17) is 11.6 Å². The largest absolute Gasteiger partial charge is 0.355 e. The lowest BCUT2D eigenvalue weighted by atomic mass is 10.0. The number of para-hydroxylation sites is 1. The van der Waals surface area contributed by atoms with Gasteiger partial charge in [0.1, 0.15) is 12.6 Å². The Morgan fingerprint density at radius 3 is 2.05 bits per heavy atom. The van der Waals surface area contributed by atoms with E-state index in [1.807, 2.05) is 74.5 Å². The monoisotopic (exact) mass is 617 g/mol. The molecule has 0 radical (unpaired) electrons. The average molecular weight is 618 g/mol. The normalized spacial score (nSPS) is 11.9. The highest BCUT2D eigenvalue weighted by atomic mass is 35.5. The van der Waals surface area contributed by atoms with Gasteiger partial charge >= 0.3 is 0 Å². The summed E-state index contributed by atoms with van der Waals surface area (Å²) in [5.74, 6) is -0.812. The summed E-state index contributed by atoms with van der Waals surface area (Å²) in [6.07, 6.45) is 0.262. The van der Waals surface area contributed by atoms with Gasteiger partial charge in [-0.1, -0.05) is 84.4 Å². The lowest BCUT2D eigenvalue weighted by Gasteiger charge is -2.34. The van der Waals surface area contributed by atoms with Crippen molar-refractivity contribution in [1.29, 1.82) is 0 Å². The van der Waals surface area contributed by atoms with Crippen LogP contribution in [-0.4, -0.2) is 44.3 Å². The number of carbonyl (C=O) groups excluding carboxylic acids is 2. The van der Waals surface area contributed by atoms with Crippen molar-refractivity contribution in [3.63, 3.8) is 0 Å². The summed E-state index contributed by atoms with van der Waals surface area (Å²) in [7, 11) is -4.19. The molecule has 0 saturated carbocycles. The molecule has 0 bridgehead atoms. The quantitative estimate of drug-likeness (QED) is 0.214. The molecule has 4 aromatic carbocycles. The second-order valence-electron chi connectivity index (χ2n) is 10.3. The number of rotatable bonds is 12. The molecule has 7 nitrogen and oxygen atoms in total. The van der Waals surface area contributed by atoms with Crippen LogP contribution in [0, 0.1) is 13.8 Å². The summed E-state index contributed by atoms with van der Waals surface area (Å²) in [4.78, 5) is 29.5. The van der Waals surface area contributed by atoms with E-state index < -0.39 is 28.5 Å². The Hall–Kier alpha value is -4.14. The van der Waals surface area contributed by atoms with Gasteiger partial charge in [-0.15, -0.1) is 0 Å². The van der Waals surface area contributed by atoms with Crippen molar-refractivity contribution in [2.45, 2.75) is 44.7 Å². The molecule has 0 saturated heterocycles. The number of likely N-dealkylation sites (N-methyl/N-ethyl adjacent to an activating group) is 1. The van der Waals surface area contributed by atoms with Crippen LogP contribution in [0.3, 0.4) is 0 Å². The molecule has 4 aromatic rings. The van der Waals surface area contributed by atoms with Gasteiger partial charge < -0.3 is 10.2 Å². The van der Waals surface area contributed by atoms with E-state index in [2.05, 4.69) is 5.32 Å². The lowest BCUT2D eigenvalue weighted by molar-refractivity contribution is -0.140. The van der Waals surface area contributed by atoms with E-state index in [9.17, 15) is 18.0 Å². The van der Waals surface area contributed by atoms with Crippen LogP contribution >= 0.6 is 11.6 Å². The van der Waals surface area contributed by atoms with Crippen molar-refractivity contribution in [2.75, 3.05) is 17.4 Å². The maximum absolute atomic E-state index is 14.4. The highest BCUT2D eigenvalue weighted by Gasteiger charge is 2.35. The maximum atomic E-state index is 14.4. The van der Waals surface area contributed by atoms with Crippen LogP contribution in [0.1, 0.15) is 29.2 Å². The van der Waals surface area contributed by atoms with E-state index in [-0.39, 0.29) is 23.8 Å². The van der Waals surface area contributed by atoms with Crippen molar-refractivity contribution in [1.82, 2.24) is 10.2 Å². The van der Waals surface area contributed by atoms with E-state index in [0.29, 0.717) is 22.8 Å². The Labute approximate surface area is 259 Å². The number of benzene rings is 4. The first-order chi connectivity index (χ1) is 20.6. The molecule has 1 unspecified atom stereocenters. The fraction of sp³-hybridized carbons (Fsp3) is 0.235. The zero-order valence-electron chi connectivity index (χ0n) is 24.5. The minimum absolute atomic E-state index is 0.00275. The number of amides is 2. The minimum atomic E-state index is -4.19. The molecule has 1 N–H and O–H groups in total. The molecule has 224 valence electrons. The summed E-state index contributed by atoms with van der Waals surface area (Å²) in [6.45, 7) is 5.57. The van der Waals surface area contributed by atoms with Gasteiger partial charge in [0.25, 0.3) is 10.0 Å². The number of hydrogen-bond acceptors (Lipinski definition) is 4. The molecule has 2 amide bonds. The Bertz CT molecular complexity index is 1660. The number of carbonyl (C=O) groups is 2. The molecule has 0 aliphatic heterocycles. The van der Waals surface area contributed by atoms with Crippen molar-refractivity contribution in [3.8, 4) is 0 Å². The highest BCUT2D eigenvalue weighted by Crippen LogP contribution is 2.28. The first kappa shape index (κ1) is 31.8. The molecule has 0 heterocycles. The molecule has 4 rings (SSSR count). The van der Waals surface area contributed by atoms with Crippen molar-refractivity contribution in [2.24, 2.45) is 0 Å². The number of nitrogens with one attached hydrogen (secondary N) is 1. The summed E-state index contributed by atoms with van der Waals surface area (Å²) < 4.78 is 29.3. The van der Waals surface area contributed by atoms with E-state index in [0.717, 1.165) is 21.0 Å². The van der Waals surface area contributed by atoms with Gasteiger partial charge in [0.15, 0.2) is 0 Å². The van der Waals surface area contributed by atoms with Crippen LogP contribution in [0.2, 0.25) is 5.02 Å². The fourth-order valence-corrected chi connectivity index (χ4v) is 6.51. The zero-order chi connectivity index (χ0) is 31.0. The fourth-order valence-electron chi connectivity index (χ4n) is 4.91. The van der Waals surface area contributed by atoms with E-state index in [1.54, 1.807) is 25.1 Å². The number of hydrogen-bond donors (Lipinski definition) is 1. The van der Waals surface area contributed by atoms with Crippen molar-refractivity contribution < 1.29 is 18.0 Å². The summed E-state index contributed by atoms with van der Waals surface area (Å²) >= 11 is 6.05. The number of aryl methyl sites for hydroxylation is 2. The first-order valence-electron chi connectivity index (χ1n) is 14.1. The summed E-state index contributed by atoms with van der Waals surface area (Å²) in [6, 6.07) is 29.1. The van der Waals surface area contributed by atoms with Gasteiger partial charge in [-0.25, -0.2) is 8.42 Å². The minimum Gasteiger partial charge on any atom is -0.355 e. The van der Waals surface area contributed by atoms with Crippen LogP contribution in [0.4, 0.5) is 5.69 Å². The van der Waals surface area contributed by atoms with Crippen molar-refractivity contribution in [3.05, 3.63) is 130 Å². The molecule has 0 aromatic heterocycles. The zero-order valence-corrected chi connectivity index (χ0v) is 26.1. The van der Waals surface area contributed by atoms with Gasteiger partial charge in [0.05, 0.1) is 10.6 Å². The number of sulfonamides is 1. The Morgan fingerprint density at radius 1 is 0.814 bits per heavy atom. The van der Waals surface area contributed by atoms with E-state index in [1.165, 1.54) is 29.2 Å². The van der Waals surface area contributed by atoms with Crippen LogP contribution in [0.15, 0.2) is 108 Å². The highest BCUT2D eigenvalue weighted by molar-refractivity contribution is 7.92. The molecule has 0 fully saturated rings. The number of halogens is 1. The van der Waals surface area contributed by atoms with Crippen LogP contribution in [0.5, 0.6) is 0 Å². The first-order valence-corrected chi connectivity index (χ1v) is 15.9. The standard InChI is InChI=1S/C34H36ClN3O4S/c1-4-36-34(40)32(22-27-14-6-5-7-15-27)37(23-28-16-10-8-12-25(28)2)33(39)24-38(31-17-11-9-13-26(31)3)43(41,42)30-20-18-29(35)19-21-30/h5-21,32H,4,22-24H2,1-3H3,(H,36,40). The number of nitrogens with zero attached hydrogens (tertiary/aromatic N) is 2. The third-order valence-corrected chi connectivity index (χ3v) is 9.31.